The molecule has 180 valence electrons. The molecular weight excluding hydrogens is 444 g/mol. The van der Waals surface area contributed by atoms with Gasteiger partial charge in [-0.25, -0.2) is 8.78 Å². The van der Waals surface area contributed by atoms with Crippen molar-refractivity contribution in [1.29, 1.82) is 0 Å². The largest absolute Gasteiger partial charge is 0.492 e. The summed E-state index contributed by atoms with van der Waals surface area (Å²) >= 11 is 0. The van der Waals surface area contributed by atoms with E-state index in [4.69, 9.17) is 9.47 Å². The van der Waals surface area contributed by atoms with Crippen molar-refractivity contribution >= 4 is 17.3 Å². The average Bonchev–Trinajstić information content (AvgIpc) is 3.24. The lowest BCUT2D eigenvalue weighted by Gasteiger charge is -2.26. The molecule has 10 heteroatoms. The molecule has 1 amide bonds. The van der Waals surface area contributed by atoms with Crippen LogP contribution in [0.2, 0.25) is 0 Å². The normalized spacial score (nSPS) is 14.1. The van der Waals surface area contributed by atoms with Gasteiger partial charge in [0.1, 0.15) is 24.0 Å². The number of ether oxygens (including phenoxy) is 2. The van der Waals surface area contributed by atoms with Crippen molar-refractivity contribution in [2.45, 2.75) is 0 Å². The van der Waals surface area contributed by atoms with Gasteiger partial charge < -0.3 is 20.1 Å². The third kappa shape index (κ3) is 6.30. The van der Waals surface area contributed by atoms with Gasteiger partial charge in [-0.05, 0) is 36.4 Å². The fourth-order valence-electron chi connectivity index (χ4n) is 3.72. The second kappa shape index (κ2) is 11.1. The highest BCUT2D eigenvalue weighted by Crippen LogP contribution is 2.32. The molecule has 4 rings (SSSR count). The van der Waals surface area contributed by atoms with Crippen LogP contribution in [0.3, 0.4) is 0 Å². The Morgan fingerprint density at radius 3 is 2.56 bits per heavy atom. The molecule has 0 spiro atoms. The molecular formula is C24H27F2N5O3. The van der Waals surface area contributed by atoms with Crippen LogP contribution in [0.5, 0.6) is 5.75 Å². The molecule has 0 unspecified atom stereocenters. The number of anilines is 2. The number of aromatic nitrogens is 2. The molecule has 0 atom stereocenters. The number of benzene rings is 2. The molecule has 2 aromatic carbocycles. The standard InChI is InChI=1S/C24H27F2N5O3/c1-30-22(4-5-28-30)21-15-19(2-3-23(21)34-11-8-31-6-9-33-10-7-31)29-24(32)16-27-20-13-17(25)12-18(26)14-20/h2-5,12-15,27H,6-11,16H2,1H3,(H,29,32). The minimum Gasteiger partial charge on any atom is -0.492 e. The smallest absolute Gasteiger partial charge is 0.243 e. The molecule has 1 aliphatic heterocycles. The highest BCUT2D eigenvalue weighted by Gasteiger charge is 2.15. The van der Waals surface area contributed by atoms with E-state index in [2.05, 4.69) is 20.6 Å². The Kier molecular flexibility index (Phi) is 7.71. The van der Waals surface area contributed by atoms with Crippen LogP contribution in [0.1, 0.15) is 0 Å². The zero-order chi connectivity index (χ0) is 23.9. The maximum Gasteiger partial charge on any atom is 0.243 e. The van der Waals surface area contributed by atoms with Crippen LogP contribution in [-0.4, -0.2) is 66.6 Å². The topological polar surface area (TPSA) is 80.7 Å². The lowest BCUT2D eigenvalue weighted by Crippen LogP contribution is -2.38. The van der Waals surface area contributed by atoms with Crippen LogP contribution in [0, 0.1) is 11.6 Å². The Bertz CT molecular complexity index is 1110. The van der Waals surface area contributed by atoms with E-state index < -0.39 is 11.6 Å². The lowest BCUT2D eigenvalue weighted by atomic mass is 10.1. The zero-order valence-electron chi connectivity index (χ0n) is 18.9. The average molecular weight is 472 g/mol. The fraction of sp³-hybridized carbons (Fsp3) is 0.333. The number of nitrogens with zero attached hydrogens (tertiary/aromatic N) is 3. The van der Waals surface area contributed by atoms with Crippen LogP contribution in [0.25, 0.3) is 11.3 Å². The van der Waals surface area contributed by atoms with Crippen molar-refractivity contribution in [3.8, 4) is 17.0 Å². The predicted molar refractivity (Wildman–Crippen MR) is 125 cm³/mol. The highest BCUT2D eigenvalue weighted by molar-refractivity contribution is 5.94. The summed E-state index contributed by atoms with van der Waals surface area (Å²) in [7, 11) is 1.83. The van der Waals surface area contributed by atoms with Gasteiger partial charge >= 0.3 is 0 Å². The Labute approximate surface area is 196 Å². The molecule has 1 fully saturated rings. The molecule has 2 heterocycles. The number of carbonyl (C=O) groups is 1. The van der Waals surface area contributed by atoms with Gasteiger partial charge in [-0.2, -0.15) is 5.10 Å². The van der Waals surface area contributed by atoms with Gasteiger partial charge in [0, 0.05) is 55.9 Å². The van der Waals surface area contributed by atoms with Crippen molar-refractivity contribution in [3.05, 3.63) is 60.3 Å². The molecule has 0 radical (unpaired) electrons. The van der Waals surface area contributed by atoms with Gasteiger partial charge in [0.15, 0.2) is 0 Å². The van der Waals surface area contributed by atoms with Gasteiger partial charge in [-0.3, -0.25) is 14.4 Å². The Morgan fingerprint density at radius 1 is 1.09 bits per heavy atom. The number of nitrogens with one attached hydrogen (secondary N) is 2. The Balaban J connectivity index is 1.42. The van der Waals surface area contributed by atoms with Gasteiger partial charge in [0.25, 0.3) is 0 Å². The van der Waals surface area contributed by atoms with Crippen molar-refractivity contribution in [2.75, 3.05) is 56.6 Å². The summed E-state index contributed by atoms with van der Waals surface area (Å²) < 4.78 is 39.9. The number of halogens is 2. The summed E-state index contributed by atoms with van der Waals surface area (Å²) in [6.07, 6.45) is 1.69. The monoisotopic (exact) mass is 471 g/mol. The number of carbonyl (C=O) groups excluding carboxylic acids is 1. The van der Waals surface area contributed by atoms with E-state index >= 15 is 0 Å². The van der Waals surface area contributed by atoms with Gasteiger partial charge in [0.05, 0.1) is 25.5 Å². The molecule has 0 saturated carbocycles. The third-order valence-electron chi connectivity index (χ3n) is 5.44. The van der Waals surface area contributed by atoms with Gasteiger partial charge in [-0.1, -0.05) is 0 Å². The van der Waals surface area contributed by atoms with Crippen LogP contribution < -0.4 is 15.4 Å². The van der Waals surface area contributed by atoms with Crippen LogP contribution in [-0.2, 0) is 16.6 Å². The number of hydrogen-bond donors (Lipinski definition) is 2. The highest BCUT2D eigenvalue weighted by atomic mass is 19.1. The molecule has 2 N–H and O–H groups in total. The predicted octanol–water partition coefficient (Wildman–Crippen LogP) is 3.13. The zero-order valence-corrected chi connectivity index (χ0v) is 18.9. The second-order valence-corrected chi connectivity index (χ2v) is 7.91. The van der Waals surface area contributed by atoms with Gasteiger partial charge in [-0.15, -0.1) is 0 Å². The molecule has 34 heavy (non-hydrogen) atoms. The van der Waals surface area contributed by atoms with E-state index in [1.54, 1.807) is 16.9 Å². The Hall–Kier alpha value is -3.50. The van der Waals surface area contributed by atoms with Crippen molar-refractivity contribution in [1.82, 2.24) is 14.7 Å². The molecule has 0 aliphatic carbocycles. The van der Waals surface area contributed by atoms with Crippen LogP contribution in [0.4, 0.5) is 20.2 Å². The van der Waals surface area contributed by atoms with E-state index in [0.717, 1.165) is 62.3 Å². The quantitative estimate of drug-likeness (QED) is 0.499. The summed E-state index contributed by atoms with van der Waals surface area (Å²) in [5.41, 5.74) is 2.38. The first-order valence-electron chi connectivity index (χ1n) is 11.0. The van der Waals surface area contributed by atoms with Crippen molar-refractivity contribution in [2.24, 2.45) is 7.05 Å². The van der Waals surface area contributed by atoms with E-state index in [-0.39, 0.29) is 18.1 Å². The van der Waals surface area contributed by atoms with Gasteiger partial charge in [0.2, 0.25) is 5.91 Å². The van der Waals surface area contributed by atoms with Crippen LogP contribution >= 0.6 is 0 Å². The first kappa shape index (κ1) is 23.7. The number of hydrogen-bond acceptors (Lipinski definition) is 6. The summed E-state index contributed by atoms with van der Waals surface area (Å²) in [6.45, 7) is 4.40. The van der Waals surface area contributed by atoms with E-state index in [1.807, 2.05) is 25.2 Å². The summed E-state index contributed by atoms with van der Waals surface area (Å²) in [5.74, 6) is -1.11. The minimum atomic E-state index is -0.715. The number of aryl methyl sites for hydroxylation is 1. The molecule has 1 aliphatic rings. The van der Waals surface area contributed by atoms with Crippen molar-refractivity contribution < 1.29 is 23.0 Å². The molecule has 3 aromatic rings. The molecule has 0 bridgehead atoms. The first-order chi connectivity index (χ1) is 16.5. The maximum absolute atomic E-state index is 13.3. The number of rotatable bonds is 9. The number of morpholine rings is 1. The SMILES string of the molecule is Cn1nccc1-c1cc(NC(=O)CNc2cc(F)cc(F)c2)ccc1OCCN1CCOCC1. The fourth-order valence-corrected chi connectivity index (χ4v) is 3.72. The molecule has 1 saturated heterocycles. The first-order valence-corrected chi connectivity index (χ1v) is 11.0. The third-order valence-corrected chi connectivity index (χ3v) is 5.44. The van der Waals surface area contributed by atoms with Crippen molar-refractivity contribution in [3.63, 3.8) is 0 Å². The molecule has 1 aromatic heterocycles. The summed E-state index contributed by atoms with van der Waals surface area (Å²) in [5, 5.41) is 9.76. The van der Waals surface area contributed by atoms with E-state index in [1.165, 1.54) is 0 Å². The molecule has 8 nitrogen and oxygen atoms in total. The number of amides is 1. The van der Waals surface area contributed by atoms with E-state index in [9.17, 15) is 13.6 Å². The minimum absolute atomic E-state index is 0.151. The summed E-state index contributed by atoms with van der Waals surface area (Å²) in [6, 6.07) is 10.3. The maximum atomic E-state index is 13.3. The lowest BCUT2D eigenvalue weighted by molar-refractivity contribution is -0.114. The Morgan fingerprint density at radius 2 is 1.85 bits per heavy atom. The van der Waals surface area contributed by atoms with Crippen LogP contribution in [0.15, 0.2) is 48.7 Å². The van der Waals surface area contributed by atoms with E-state index in [0.29, 0.717) is 18.0 Å². The summed E-state index contributed by atoms with van der Waals surface area (Å²) in [4.78, 5) is 14.7. The second-order valence-electron chi connectivity index (χ2n) is 7.91.